The van der Waals surface area contributed by atoms with Crippen molar-refractivity contribution < 1.29 is 67.8 Å². The first-order valence-corrected chi connectivity index (χ1v) is 8.87. The third-order valence-electron chi connectivity index (χ3n) is 4.29. The van der Waals surface area contributed by atoms with Gasteiger partial charge in [0.25, 0.3) is 0 Å². The van der Waals surface area contributed by atoms with Crippen LogP contribution in [0.2, 0.25) is 0 Å². The number of benzene rings is 3. The lowest BCUT2D eigenvalue weighted by atomic mass is 10.1. The van der Waals surface area contributed by atoms with Crippen LogP contribution in [0.15, 0.2) is 18.2 Å². The molecular formula is C21H4F10O5. The Balaban J connectivity index is 2.01. The van der Waals surface area contributed by atoms with Crippen molar-refractivity contribution in [3.63, 3.8) is 0 Å². The Morgan fingerprint density at radius 1 is 0.500 bits per heavy atom. The van der Waals surface area contributed by atoms with E-state index in [-0.39, 0.29) is 6.29 Å². The zero-order valence-electron chi connectivity index (χ0n) is 16.6. The molecule has 0 aliphatic rings. The van der Waals surface area contributed by atoms with Crippen molar-refractivity contribution in [2.24, 2.45) is 0 Å². The average Bonchev–Trinajstić information content (AvgIpc) is 2.88. The Morgan fingerprint density at radius 2 is 0.778 bits per heavy atom. The van der Waals surface area contributed by atoms with E-state index < -0.39 is 98.3 Å². The van der Waals surface area contributed by atoms with E-state index in [4.69, 9.17) is 0 Å². The summed E-state index contributed by atoms with van der Waals surface area (Å²) in [6.07, 6.45) is -0.0373. The highest BCUT2D eigenvalue weighted by molar-refractivity contribution is 5.99. The smallest absolute Gasteiger partial charge is 0.343 e. The van der Waals surface area contributed by atoms with Crippen molar-refractivity contribution in [2.75, 3.05) is 0 Å². The van der Waals surface area contributed by atoms with Crippen LogP contribution in [0.5, 0.6) is 11.5 Å². The van der Waals surface area contributed by atoms with Crippen molar-refractivity contribution in [1.29, 1.82) is 0 Å². The van der Waals surface area contributed by atoms with Gasteiger partial charge in [-0.05, 0) is 18.2 Å². The summed E-state index contributed by atoms with van der Waals surface area (Å²) in [6.45, 7) is 0. The molecular weight excluding hydrogens is 522 g/mol. The highest BCUT2D eigenvalue weighted by Crippen LogP contribution is 2.31. The first-order chi connectivity index (χ1) is 16.8. The molecule has 0 radical (unpaired) electrons. The van der Waals surface area contributed by atoms with Crippen LogP contribution >= 0.6 is 0 Å². The van der Waals surface area contributed by atoms with Crippen LogP contribution in [0.3, 0.4) is 0 Å². The molecule has 0 saturated carbocycles. The molecule has 0 fully saturated rings. The van der Waals surface area contributed by atoms with Crippen LogP contribution in [0, 0.1) is 58.2 Å². The van der Waals surface area contributed by atoms with Gasteiger partial charge in [0.1, 0.15) is 6.29 Å². The van der Waals surface area contributed by atoms with E-state index in [1.807, 2.05) is 0 Å². The molecule has 36 heavy (non-hydrogen) atoms. The van der Waals surface area contributed by atoms with E-state index in [0.717, 1.165) is 0 Å². The van der Waals surface area contributed by atoms with Crippen molar-refractivity contribution in [2.45, 2.75) is 0 Å². The predicted molar refractivity (Wildman–Crippen MR) is 94.2 cm³/mol. The van der Waals surface area contributed by atoms with Gasteiger partial charge < -0.3 is 9.47 Å². The molecule has 0 aliphatic heterocycles. The molecule has 3 aromatic rings. The second-order valence-electron chi connectivity index (χ2n) is 6.54. The number of ether oxygens (including phenoxy) is 2. The number of hydrogen-bond acceptors (Lipinski definition) is 5. The number of rotatable bonds is 5. The Kier molecular flexibility index (Phi) is 7.03. The Morgan fingerprint density at radius 3 is 1.06 bits per heavy atom. The summed E-state index contributed by atoms with van der Waals surface area (Å²) in [4.78, 5) is 35.6. The summed E-state index contributed by atoms with van der Waals surface area (Å²) in [5.41, 5.74) is -2.54. The van der Waals surface area contributed by atoms with Crippen molar-refractivity contribution >= 4 is 18.2 Å². The highest BCUT2D eigenvalue weighted by Gasteiger charge is 2.31. The summed E-state index contributed by atoms with van der Waals surface area (Å²) in [5.74, 6) is -33.1. The maximum Gasteiger partial charge on any atom is 0.343 e. The minimum atomic E-state index is -2.56. The molecule has 0 heterocycles. The number of hydrogen-bond donors (Lipinski definition) is 0. The zero-order chi connectivity index (χ0) is 27.1. The van der Waals surface area contributed by atoms with Gasteiger partial charge in [0.05, 0.1) is 11.1 Å². The molecule has 0 amide bonds. The summed E-state index contributed by atoms with van der Waals surface area (Å²) in [7, 11) is 0. The molecule has 15 heteroatoms. The van der Waals surface area contributed by atoms with Gasteiger partial charge in [-0.1, -0.05) is 0 Å². The summed E-state index contributed by atoms with van der Waals surface area (Å²) >= 11 is 0. The third kappa shape index (κ3) is 4.46. The van der Waals surface area contributed by atoms with E-state index >= 15 is 0 Å². The van der Waals surface area contributed by atoms with E-state index in [9.17, 15) is 58.3 Å². The summed E-state index contributed by atoms with van der Waals surface area (Å²) < 4.78 is 143. The van der Waals surface area contributed by atoms with Crippen molar-refractivity contribution in [3.05, 3.63) is 93.1 Å². The Labute approximate surface area is 191 Å². The lowest BCUT2D eigenvalue weighted by molar-refractivity contribution is 0.0715. The number of esters is 2. The molecule has 0 unspecified atom stereocenters. The maximum absolute atomic E-state index is 13.8. The van der Waals surface area contributed by atoms with Gasteiger partial charge in [-0.25, -0.2) is 35.9 Å². The van der Waals surface area contributed by atoms with E-state index in [2.05, 4.69) is 9.47 Å². The Hall–Kier alpha value is -4.43. The standard InChI is InChI=1S/C21H4F10O5/c22-8-10(24)14(28)18(15(29)11(8)25)35-20(33)6-1-5(4-32)2-7(3-6)21(34)36-19-16(30)12(26)9(23)13(27)17(19)31/h1-4H. The number of halogens is 10. The van der Waals surface area contributed by atoms with Crippen LogP contribution in [0.25, 0.3) is 0 Å². The molecule has 188 valence electrons. The molecule has 0 bridgehead atoms. The van der Waals surface area contributed by atoms with Crippen LogP contribution in [0.4, 0.5) is 43.9 Å². The number of aldehydes is 1. The third-order valence-corrected chi connectivity index (χ3v) is 4.29. The largest absolute Gasteiger partial charge is 0.416 e. The number of carbonyl (C=O) groups excluding carboxylic acids is 3. The van der Waals surface area contributed by atoms with E-state index in [1.165, 1.54) is 0 Å². The lowest BCUT2D eigenvalue weighted by Crippen LogP contribution is -2.17. The SMILES string of the molecule is O=Cc1cc(C(=O)Oc2c(F)c(F)c(F)c(F)c2F)cc(C(=O)Oc2c(F)c(F)c(F)c(F)c2F)c1. The summed E-state index contributed by atoms with van der Waals surface area (Å²) in [6, 6.07) is 1.59. The average molecular weight is 526 g/mol. The van der Waals surface area contributed by atoms with Gasteiger partial charge >= 0.3 is 11.9 Å². The molecule has 0 N–H and O–H groups in total. The molecule has 3 aromatic carbocycles. The lowest BCUT2D eigenvalue weighted by Gasteiger charge is -2.11. The van der Waals surface area contributed by atoms with Gasteiger partial charge in [-0.15, -0.1) is 0 Å². The van der Waals surface area contributed by atoms with Crippen LogP contribution in [0.1, 0.15) is 31.1 Å². The predicted octanol–water partition coefficient (Wildman–Crippen LogP) is 5.33. The second-order valence-corrected chi connectivity index (χ2v) is 6.54. The molecule has 0 spiro atoms. The van der Waals surface area contributed by atoms with Gasteiger partial charge in [0.15, 0.2) is 0 Å². The van der Waals surface area contributed by atoms with Crippen LogP contribution in [-0.2, 0) is 0 Å². The van der Waals surface area contributed by atoms with Gasteiger partial charge in [-0.3, -0.25) is 4.79 Å². The monoisotopic (exact) mass is 526 g/mol. The first kappa shape index (κ1) is 26.2. The maximum atomic E-state index is 13.8. The molecule has 0 atom stereocenters. The normalized spacial score (nSPS) is 10.8. The second kappa shape index (κ2) is 9.67. The molecule has 0 aliphatic carbocycles. The molecule has 0 saturated heterocycles. The van der Waals surface area contributed by atoms with Gasteiger partial charge in [-0.2, -0.15) is 17.6 Å². The first-order valence-electron chi connectivity index (χ1n) is 8.87. The molecule has 3 rings (SSSR count). The van der Waals surface area contributed by atoms with Crippen LogP contribution < -0.4 is 9.47 Å². The zero-order valence-corrected chi connectivity index (χ0v) is 16.6. The molecule has 5 nitrogen and oxygen atoms in total. The minimum absolute atomic E-state index is 0.0373. The van der Waals surface area contributed by atoms with Gasteiger partial charge in [0.2, 0.25) is 69.7 Å². The fourth-order valence-electron chi connectivity index (χ4n) is 2.61. The minimum Gasteiger partial charge on any atom is -0.416 e. The molecule has 0 aromatic heterocycles. The summed E-state index contributed by atoms with van der Waals surface area (Å²) in [5, 5.41) is 0. The van der Waals surface area contributed by atoms with Crippen LogP contribution in [-0.4, -0.2) is 18.2 Å². The van der Waals surface area contributed by atoms with Crippen molar-refractivity contribution in [1.82, 2.24) is 0 Å². The topological polar surface area (TPSA) is 69.7 Å². The van der Waals surface area contributed by atoms with E-state index in [0.29, 0.717) is 18.2 Å². The number of carbonyl (C=O) groups is 3. The highest BCUT2D eigenvalue weighted by atomic mass is 19.2. The quantitative estimate of drug-likeness (QED) is 0.112. The van der Waals surface area contributed by atoms with Crippen molar-refractivity contribution in [3.8, 4) is 11.5 Å². The Bertz CT molecular complexity index is 1290. The fourth-order valence-corrected chi connectivity index (χ4v) is 2.61. The van der Waals surface area contributed by atoms with Gasteiger partial charge in [0, 0.05) is 5.56 Å². The fraction of sp³-hybridized carbons (Fsp3) is 0. The van der Waals surface area contributed by atoms with E-state index in [1.54, 1.807) is 0 Å².